The van der Waals surface area contributed by atoms with Gasteiger partial charge >= 0.3 is 0 Å². The molecule has 0 saturated heterocycles. The molecule has 0 aromatic carbocycles. The Morgan fingerprint density at radius 1 is 1.07 bits per heavy atom. The quantitative estimate of drug-likeness (QED) is 0.398. The third-order valence-electron chi connectivity index (χ3n) is 9.42. The summed E-state index contributed by atoms with van der Waals surface area (Å²) in [5.41, 5.74) is 5.05. The van der Waals surface area contributed by atoms with E-state index in [4.69, 9.17) is 10.6 Å². The molecule has 154 valence electrons. The molecule has 4 fully saturated rings. The Bertz CT molecular complexity index is 584. The first kappa shape index (κ1) is 19.7. The molecule has 4 aliphatic rings. The van der Waals surface area contributed by atoms with E-state index in [1.165, 1.54) is 6.42 Å². The summed E-state index contributed by atoms with van der Waals surface area (Å²) in [7, 11) is 0. The van der Waals surface area contributed by atoms with Crippen molar-refractivity contribution in [3.63, 3.8) is 0 Å². The molecule has 0 bridgehead atoms. The average Bonchev–Trinajstić information content (AvgIpc) is 2.91. The monoisotopic (exact) mass is 378 g/mol. The van der Waals surface area contributed by atoms with E-state index in [0.29, 0.717) is 30.9 Å². The maximum absolute atomic E-state index is 12.0. The molecule has 4 N–H and O–H groups in total. The molecule has 0 aromatic rings. The molecule has 0 heterocycles. The lowest BCUT2D eigenvalue weighted by atomic mass is 9.43. The molecule has 0 aliphatic heterocycles. The molecule has 0 amide bonds. The second-order valence-corrected chi connectivity index (χ2v) is 10.3. The second-order valence-electron chi connectivity index (χ2n) is 10.3. The number of oxime groups is 1. The first-order valence-corrected chi connectivity index (χ1v) is 11.1. The van der Waals surface area contributed by atoms with Crippen LogP contribution in [0.2, 0.25) is 0 Å². The van der Waals surface area contributed by atoms with E-state index in [1.54, 1.807) is 0 Å². The lowest BCUT2D eigenvalue weighted by Crippen LogP contribution is -2.62. The number of aliphatic hydroxyl groups excluding tert-OH is 1. The van der Waals surface area contributed by atoms with Gasteiger partial charge in [-0.05, 0) is 81.0 Å². The van der Waals surface area contributed by atoms with Crippen LogP contribution in [0.15, 0.2) is 5.16 Å². The van der Waals surface area contributed by atoms with Crippen LogP contribution in [0.25, 0.3) is 0 Å². The van der Waals surface area contributed by atoms with Gasteiger partial charge < -0.3 is 20.8 Å². The normalized spacial score (nSPS) is 52.3. The Morgan fingerprint density at radius 3 is 2.67 bits per heavy atom. The standard InChI is InChI=1S/C22H38N2O3/c1-20-8-6-17(25)13-15(20)3-4-19-18(20)7-9-21(2)16(5-10-22(19,21)26)14-24-27-12-11-23/h14-19,25-26H,3-13,23H2,1-2H3/b24-14-/t15-,16-,17+,18+,19-,20+,21-,22+/m1/s1. The van der Waals surface area contributed by atoms with Gasteiger partial charge in [0.1, 0.15) is 6.61 Å². The maximum Gasteiger partial charge on any atom is 0.129 e. The number of fused-ring (bicyclic) bond motifs is 5. The van der Waals surface area contributed by atoms with Gasteiger partial charge in [-0.2, -0.15) is 0 Å². The van der Waals surface area contributed by atoms with Crippen LogP contribution in [-0.2, 0) is 4.84 Å². The second kappa shape index (κ2) is 7.00. The van der Waals surface area contributed by atoms with Crippen LogP contribution in [0, 0.1) is 34.5 Å². The van der Waals surface area contributed by atoms with Gasteiger partial charge in [0.2, 0.25) is 0 Å². The van der Waals surface area contributed by atoms with Gasteiger partial charge in [0.15, 0.2) is 0 Å². The Kier molecular flexibility index (Phi) is 5.09. The molecular formula is C22H38N2O3. The fraction of sp³-hybridized carbons (Fsp3) is 0.955. The topological polar surface area (TPSA) is 88.1 Å². The van der Waals surface area contributed by atoms with E-state index in [0.717, 1.165) is 51.4 Å². The predicted octanol–water partition coefficient (Wildman–Crippen LogP) is 3.08. The molecular weight excluding hydrogens is 340 g/mol. The summed E-state index contributed by atoms with van der Waals surface area (Å²) >= 11 is 0. The van der Waals surface area contributed by atoms with Crippen LogP contribution in [0.5, 0.6) is 0 Å². The Labute approximate surface area is 163 Å². The summed E-state index contributed by atoms with van der Waals surface area (Å²) in [4.78, 5) is 5.24. The Hall–Kier alpha value is -0.650. The minimum atomic E-state index is -0.593. The predicted molar refractivity (Wildman–Crippen MR) is 106 cm³/mol. The zero-order valence-electron chi connectivity index (χ0n) is 17.1. The largest absolute Gasteiger partial charge is 0.395 e. The highest BCUT2D eigenvalue weighted by molar-refractivity contribution is 5.63. The summed E-state index contributed by atoms with van der Waals surface area (Å²) < 4.78 is 0. The van der Waals surface area contributed by atoms with E-state index >= 15 is 0 Å². The van der Waals surface area contributed by atoms with Crippen LogP contribution in [0.4, 0.5) is 0 Å². The molecule has 4 rings (SSSR count). The molecule has 0 spiro atoms. The van der Waals surface area contributed by atoms with E-state index < -0.39 is 5.60 Å². The van der Waals surface area contributed by atoms with Gasteiger partial charge in [-0.25, -0.2) is 0 Å². The number of hydrogen-bond acceptors (Lipinski definition) is 5. The number of hydrogen-bond donors (Lipinski definition) is 3. The van der Waals surface area contributed by atoms with Crippen LogP contribution < -0.4 is 5.73 Å². The van der Waals surface area contributed by atoms with Crippen molar-refractivity contribution >= 4 is 6.21 Å². The molecule has 4 aliphatic carbocycles. The van der Waals surface area contributed by atoms with Gasteiger partial charge in [-0.3, -0.25) is 0 Å². The molecule has 0 aromatic heterocycles. The van der Waals surface area contributed by atoms with Crippen LogP contribution in [-0.4, -0.2) is 41.3 Å². The summed E-state index contributed by atoms with van der Waals surface area (Å²) in [6, 6.07) is 0. The third-order valence-corrected chi connectivity index (χ3v) is 9.42. The van der Waals surface area contributed by atoms with Crippen LogP contribution >= 0.6 is 0 Å². The molecule has 8 atom stereocenters. The first-order chi connectivity index (χ1) is 12.8. The van der Waals surface area contributed by atoms with Crippen molar-refractivity contribution in [3.05, 3.63) is 0 Å². The van der Waals surface area contributed by atoms with Gasteiger partial charge in [0, 0.05) is 24.1 Å². The van der Waals surface area contributed by atoms with Gasteiger partial charge in [0.05, 0.1) is 11.7 Å². The fourth-order valence-electron chi connectivity index (χ4n) is 7.70. The SMILES string of the molecule is C[C@]12CC[C@H](O)C[C@H]1CC[C@@H]1[C@@H]2CC[C@]2(C)[C@@H](/C=N\OCCN)CC[C@]12O. The molecule has 0 unspecified atom stereocenters. The van der Waals surface area contributed by atoms with E-state index in [-0.39, 0.29) is 22.9 Å². The van der Waals surface area contributed by atoms with Crippen molar-refractivity contribution in [1.29, 1.82) is 0 Å². The molecule has 27 heavy (non-hydrogen) atoms. The first-order valence-electron chi connectivity index (χ1n) is 11.1. The number of nitrogens with two attached hydrogens (primary N) is 1. The van der Waals surface area contributed by atoms with Gasteiger partial charge in [-0.1, -0.05) is 19.0 Å². The third kappa shape index (κ3) is 2.87. The number of nitrogens with zero attached hydrogens (tertiary/aromatic N) is 1. The molecule has 5 nitrogen and oxygen atoms in total. The van der Waals surface area contributed by atoms with Crippen molar-refractivity contribution in [1.82, 2.24) is 0 Å². The zero-order valence-corrected chi connectivity index (χ0v) is 17.1. The summed E-state index contributed by atoms with van der Waals surface area (Å²) in [5, 5.41) is 26.4. The van der Waals surface area contributed by atoms with E-state index in [9.17, 15) is 10.2 Å². The minimum Gasteiger partial charge on any atom is -0.395 e. The minimum absolute atomic E-state index is 0.110. The highest BCUT2D eigenvalue weighted by atomic mass is 16.6. The number of rotatable bonds is 4. The molecule has 0 radical (unpaired) electrons. The fourth-order valence-corrected chi connectivity index (χ4v) is 7.70. The highest BCUT2D eigenvalue weighted by Crippen LogP contribution is 2.68. The zero-order chi connectivity index (χ0) is 19.3. The number of aliphatic hydroxyl groups is 2. The lowest BCUT2D eigenvalue weighted by Gasteiger charge is -2.63. The Morgan fingerprint density at radius 2 is 1.89 bits per heavy atom. The average molecular weight is 379 g/mol. The van der Waals surface area contributed by atoms with Gasteiger partial charge in [0.25, 0.3) is 0 Å². The van der Waals surface area contributed by atoms with Crippen molar-refractivity contribution in [2.75, 3.05) is 13.2 Å². The van der Waals surface area contributed by atoms with Crippen LogP contribution in [0.1, 0.15) is 71.6 Å². The van der Waals surface area contributed by atoms with E-state index in [2.05, 4.69) is 19.0 Å². The highest BCUT2D eigenvalue weighted by Gasteiger charge is 2.66. The Balaban J connectivity index is 1.56. The van der Waals surface area contributed by atoms with Crippen LogP contribution in [0.3, 0.4) is 0 Å². The maximum atomic E-state index is 12.0. The van der Waals surface area contributed by atoms with Gasteiger partial charge in [-0.15, -0.1) is 0 Å². The smallest absolute Gasteiger partial charge is 0.129 e. The molecule has 5 heteroatoms. The van der Waals surface area contributed by atoms with E-state index in [1.807, 2.05) is 6.21 Å². The summed E-state index contributed by atoms with van der Waals surface area (Å²) in [6.07, 6.45) is 11.2. The molecule has 4 saturated carbocycles. The van der Waals surface area contributed by atoms with Crippen molar-refractivity contribution in [2.45, 2.75) is 83.3 Å². The van der Waals surface area contributed by atoms with Crippen molar-refractivity contribution < 1.29 is 15.1 Å². The summed E-state index contributed by atoms with van der Waals surface area (Å²) in [6.45, 7) is 5.66. The van der Waals surface area contributed by atoms with Crippen molar-refractivity contribution in [3.8, 4) is 0 Å². The summed E-state index contributed by atoms with van der Waals surface area (Å²) in [5.74, 6) is 1.88. The van der Waals surface area contributed by atoms with Crippen molar-refractivity contribution in [2.24, 2.45) is 45.4 Å². The lowest BCUT2D eigenvalue weighted by molar-refractivity contribution is -0.206.